The maximum Gasteiger partial charge on any atom is 0.295 e. The molecule has 2 aliphatic heterocycles. The van der Waals surface area contributed by atoms with Crippen LogP contribution < -0.4 is 9.47 Å². The predicted octanol–water partition coefficient (Wildman–Crippen LogP) is 2.24. The van der Waals surface area contributed by atoms with Crippen molar-refractivity contribution < 1.29 is 28.9 Å². The van der Waals surface area contributed by atoms with Crippen LogP contribution in [-0.4, -0.2) is 84.7 Å². The Kier molecular flexibility index (Phi) is 7.44. The number of ether oxygens (including phenoxy) is 3. The molecular formula is C25H29N3O6. The second kappa shape index (κ2) is 10.7. The Bertz CT molecular complexity index is 1070. The van der Waals surface area contributed by atoms with E-state index >= 15 is 0 Å². The van der Waals surface area contributed by atoms with Gasteiger partial charge in [-0.05, 0) is 36.8 Å². The first kappa shape index (κ1) is 23.7. The van der Waals surface area contributed by atoms with Crippen LogP contribution in [0.1, 0.15) is 24.1 Å². The third-order valence-corrected chi connectivity index (χ3v) is 6.06. The quantitative estimate of drug-likeness (QED) is 0.358. The van der Waals surface area contributed by atoms with Gasteiger partial charge in [-0.1, -0.05) is 6.07 Å². The Morgan fingerprint density at radius 3 is 2.53 bits per heavy atom. The summed E-state index contributed by atoms with van der Waals surface area (Å²) >= 11 is 0. The van der Waals surface area contributed by atoms with Crippen LogP contribution in [0, 0.1) is 0 Å². The first-order valence-electron chi connectivity index (χ1n) is 11.3. The molecule has 0 aliphatic carbocycles. The number of aromatic nitrogens is 1. The molecule has 0 bridgehead atoms. The van der Waals surface area contributed by atoms with Gasteiger partial charge in [0.2, 0.25) is 0 Å². The molecule has 34 heavy (non-hydrogen) atoms. The van der Waals surface area contributed by atoms with Crippen molar-refractivity contribution in [3.05, 3.63) is 59.4 Å². The topological polar surface area (TPSA) is 101 Å². The summed E-state index contributed by atoms with van der Waals surface area (Å²) < 4.78 is 16.5. The zero-order chi connectivity index (χ0) is 24.1. The van der Waals surface area contributed by atoms with E-state index in [1.54, 1.807) is 30.3 Å². The number of benzene rings is 1. The molecule has 180 valence electrons. The molecular weight excluding hydrogens is 438 g/mol. The number of hydrogen-bond acceptors (Lipinski definition) is 8. The molecule has 0 saturated carbocycles. The summed E-state index contributed by atoms with van der Waals surface area (Å²) in [4.78, 5) is 34.0. The molecule has 2 saturated heterocycles. The number of rotatable bonds is 8. The SMILES string of the molecule is CCOc1ccc(C2/C(=C(\O)c3ccncc3)C(=O)C(=O)N2CCN2CCOCC2)cc1OC. The van der Waals surface area contributed by atoms with Crippen molar-refractivity contribution in [1.29, 1.82) is 0 Å². The van der Waals surface area contributed by atoms with Gasteiger partial charge in [-0.15, -0.1) is 0 Å². The van der Waals surface area contributed by atoms with Gasteiger partial charge in [0.1, 0.15) is 5.76 Å². The van der Waals surface area contributed by atoms with Crippen molar-refractivity contribution in [2.75, 3.05) is 53.1 Å². The van der Waals surface area contributed by atoms with E-state index in [4.69, 9.17) is 14.2 Å². The number of morpholine rings is 1. The number of ketones is 1. The van der Waals surface area contributed by atoms with Crippen LogP contribution in [0.25, 0.3) is 5.76 Å². The van der Waals surface area contributed by atoms with E-state index in [1.807, 2.05) is 6.92 Å². The van der Waals surface area contributed by atoms with E-state index < -0.39 is 17.7 Å². The molecule has 1 amide bonds. The van der Waals surface area contributed by atoms with Crippen molar-refractivity contribution in [3.8, 4) is 11.5 Å². The van der Waals surface area contributed by atoms with Gasteiger partial charge >= 0.3 is 0 Å². The number of nitrogens with zero attached hydrogens (tertiary/aromatic N) is 3. The van der Waals surface area contributed by atoms with Crippen LogP contribution in [0.5, 0.6) is 11.5 Å². The highest BCUT2D eigenvalue weighted by Gasteiger charge is 2.46. The molecule has 1 N–H and O–H groups in total. The Morgan fingerprint density at radius 2 is 1.85 bits per heavy atom. The van der Waals surface area contributed by atoms with E-state index in [9.17, 15) is 14.7 Å². The van der Waals surface area contributed by atoms with Gasteiger partial charge in [0.15, 0.2) is 11.5 Å². The van der Waals surface area contributed by atoms with Gasteiger partial charge in [-0.25, -0.2) is 0 Å². The van der Waals surface area contributed by atoms with Crippen LogP contribution in [-0.2, 0) is 14.3 Å². The summed E-state index contributed by atoms with van der Waals surface area (Å²) in [5.41, 5.74) is 1.12. The van der Waals surface area contributed by atoms with Gasteiger partial charge in [0.25, 0.3) is 11.7 Å². The molecule has 9 heteroatoms. The Labute approximate surface area is 198 Å². The van der Waals surface area contributed by atoms with Crippen molar-refractivity contribution in [1.82, 2.24) is 14.8 Å². The van der Waals surface area contributed by atoms with E-state index in [1.165, 1.54) is 24.4 Å². The lowest BCUT2D eigenvalue weighted by atomic mass is 9.95. The molecule has 2 fully saturated rings. The molecule has 2 aromatic rings. The Balaban J connectivity index is 1.76. The molecule has 3 heterocycles. The number of aliphatic hydroxyl groups excluding tert-OH is 1. The molecule has 0 spiro atoms. The van der Waals surface area contributed by atoms with Gasteiger partial charge in [-0.3, -0.25) is 19.5 Å². The number of aliphatic hydroxyl groups is 1. The third kappa shape index (κ3) is 4.76. The minimum Gasteiger partial charge on any atom is -0.507 e. The summed E-state index contributed by atoms with van der Waals surface area (Å²) in [5.74, 6) is -0.529. The van der Waals surface area contributed by atoms with Crippen molar-refractivity contribution in [2.24, 2.45) is 0 Å². The zero-order valence-electron chi connectivity index (χ0n) is 19.4. The predicted molar refractivity (Wildman–Crippen MR) is 125 cm³/mol. The number of hydrogen-bond donors (Lipinski definition) is 1. The van der Waals surface area contributed by atoms with Gasteiger partial charge in [0.05, 0.1) is 38.5 Å². The molecule has 2 aliphatic rings. The van der Waals surface area contributed by atoms with Gasteiger partial charge in [0, 0.05) is 44.1 Å². The first-order valence-corrected chi connectivity index (χ1v) is 11.3. The van der Waals surface area contributed by atoms with Crippen LogP contribution >= 0.6 is 0 Å². The van der Waals surface area contributed by atoms with Gasteiger partial charge < -0.3 is 24.2 Å². The number of carbonyl (C=O) groups is 2. The van der Waals surface area contributed by atoms with E-state index in [0.29, 0.717) is 55.5 Å². The summed E-state index contributed by atoms with van der Waals surface area (Å²) in [6, 6.07) is 7.75. The summed E-state index contributed by atoms with van der Waals surface area (Å²) in [7, 11) is 1.54. The molecule has 9 nitrogen and oxygen atoms in total. The number of carbonyl (C=O) groups excluding carboxylic acids is 2. The highest BCUT2D eigenvalue weighted by atomic mass is 16.5. The summed E-state index contributed by atoms with van der Waals surface area (Å²) in [6.07, 6.45) is 3.05. The second-order valence-electron chi connectivity index (χ2n) is 8.03. The van der Waals surface area contributed by atoms with Crippen LogP contribution in [0.4, 0.5) is 0 Å². The molecule has 0 radical (unpaired) electrons. The van der Waals surface area contributed by atoms with Crippen LogP contribution in [0.2, 0.25) is 0 Å². The fraction of sp³-hybridized carbons (Fsp3) is 0.400. The highest BCUT2D eigenvalue weighted by molar-refractivity contribution is 6.46. The van der Waals surface area contributed by atoms with Crippen LogP contribution in [0.3, 0.4) is 0 Å². The fourth-order valence-corrected chi connectivity index (χ4v) is 4.33. The minimum absolute atomic E-state index is 0.0457. The second-order valence-corrected chi connectivity index (χ2v) is 8.03. The Morgan fingerprint density at radius 1 is 1.12 bits per heavy atom. The number of pyridine rings is 1. The summed E-state index contributed by atoms with van der Waals surface area (Å²) in [6.45, 7) is 6.08. The van der Waals surface area contributed by atoms with Crippen molar-refractivity contribution in [2.45, 2.75) is 13.0 Å². The largest absolute Gasteiger partial charge is 0.507 e. The van der Waals surface area contributed by atoms with Crippen molar-refractivity contribution in [3.63, 3.8) is 0 Å². The monoisotopic (exact) mass is 467 g/mol. The number of Topliss-reactive ketones (excluding diaryl/α,β-unsaturated/α-hetero) is 1. The normalized spacial score (nSPS) is 20.5. The molecule has 1 aromatic heterocycles. The van der Waals surface area contributed by atoms with Gasteiger partial charge in [-0.2, -0.15) is 0 Å². The van der Waals surface area contributed by atoms with E-state index in [2.05, 4.69) is 9.88 Å². The first-order chi connectivity index (χ1) is 16.5. The number of amides is 1. The minimum atomic E-state index is -0.765. The molecule has 4 rings (SSSR count). The average Bonchev–Trinajstić information content (AvgIpc) is 3.13. The zero-order valence-corrected chi connectivity index (χ0v) is 19.4. The lowest BCUT2D eigenvalue weighted by Crippen LogP contribution is -2.42. The number of likely N-dealkylation sites (tertiary alicyclic amines) is 1. The van der Waals surface area contributed by atoms with Crippen LogP contribution in [0.15, 0.2) is 48.3 Å². The van der Waals surface area contributed by atoms with E-state index in [-0.39, 0.29) is 11.3 Å². The van der Waals surface area contributed by atoms with E-state index in [0.717, 1.165) is 13.1 Å². The Hall–Kier alpha value is -3.43. The smallest absolute Gasteiger partial charge is 0.295 e. The maximum absolute atomic E-state index is 13.2. The standard InChI is InChI=1S/C25H29N3O6/c1-3-34-19-5-4-18(16-20(19)32-2)22-21(23(29)17-6-8-26-9-7-17)24(30)25(31)28(22)11-10-27-12-14-33-15-13-27/h4-9,16,22,29H,3,10-15H2,1-2H3/b23-21+. The number of methoxy groups -OCH3 is 1. The summed E-state index contributed by atoms with van der Waals surface area (Å²) in [5, 5.41) is 11.1. The third-order valence-electron chi connectivity index (χ3n) is 6.06. The lowest BCUT2D eigenvalue weighted by Gasteiger charge is -2.31. The van der Waals surface area contributed by atoms with Crippen molar-refractivity contribution >= 4 is 17.4 Å². The maximum atomic E-state index is 13.2. The molecule has 1 atom stereocenters. The molecule has 1 unspecified atom stereocenters. The lowest BCUT2D eigenvalue weighted by molar-refractivity contribution is -0.140. The average molecular weight is 468 g/mol. The fourth-order valence-electron chi connectivity index (χ4n) is 4.33. The molecule has 1 aromatic carbocycles. The highest BCUT2D eigenvalue weighted by Crippen LogP contribution is 2.41.